The van der Waals surface area contributed by atoms with Crippen molar-refractivity contribution in [2.24, 2.45) is 0 Å². The van der Waals surface area contributed by atoms with Crippen LogP contribution in [0.4, 0.5) is 5.69 Å². The number of para-hydroxylation sites is 2. The van der Waals surface area contributed by atoms with Crippen LogP contribution in [0.1, 0.15) is 5.56 Å². The van der Waals surface area contributed by atoms with E-state index in [0.29, 0.717) is 23.0 Å². The highest BCUT2D eigenvalue weighted by atomic mass is 16.5. The summed E-state index contributed by atoms with van der Waals surface area (Å²) in [5.41, 5.74) is 1.76. The maximum atomic E-state index is 5.94. The number of benzene rings is 2. The number of methoxy groups -OCH3 is 3. The van der Waals surface area contributed by atoms with Gasteiger partial charge < -0.3 is 24.3 Å². The molecule has 114 valence electrons. The van der Waals surface area contributed by atoms with E-state index in [0.717, 1.165) is 17.0 Å². The summed E-state index contributed by atoms with van der Waals surface area (Å²) in [6.45, 7) is 0. The molecule has 1 N–H and O–H groups in total. The predicted molar refractivity (Wildman–Crippen MR) is 84.8 cm³/mol. The van der Waals surface area contributed by atoms with E-state index in [1.807, 2.05) is 42.6 Å². The molecule has 22 heavy (non-hydrogen) atoms. The number of hydrogen-bond acceptors (Lipinski definition) is 5. The van der Waals surface area contributed by atoms with Crippen LogP contribution in [0.15, 0.2) is 42.6 Å². The van der Waals surface area contributed by atoms with Crippen LogP contribution in [0.2, 0.25) is 0 Å². The van der Waals surface area contributed by atoms with Crippen LogP contribution in [-0.4, -0.2) is 21.3 Å². The maximum absolute atomic E-state index is 5.94. The van der Waals surface area contributed by atoms with Crippen LogP contribution in [-0.2, 0) is 0 Å². The molecule has 0 unspecified atom stereocenters. The van der Waals surface area contributed by atoms with Gasteiger partial charge in [0.15, 0.2) is 23.0 Å². The summed E-state index contributed by atoms with van der Waals surface area (Å²) in [6.07, 6.45) is 1.81. The first-order valence-electron chi connectivity index (χ1n) is 6.80. The van der Waals surface area contributed by atoms with Gasteiger partial charge in [0, 0.05) is 11.8 Å². The maximum Gasteiger partial charge on any atom is 0.203 e. The van der Waals surface area contributed by atoms with E-state index in [1.54, 1.807) is 21.3 Å². The molecule has 3 rings (SSSR count). The fourth-order valence-electron chi connectivity index (χ4n) is 2.33. The molecule has 1 heterocycles. The fourth-order valence-corrected chi connectivity index (χ4v) is 2.33. The Kier molecular flexibility index (Phi) is 3.78. The van der Waals surface area contributed by atoms with Gasteiger partial charge in [-0.1, -0.05) is 12.1 Å². The lowest BCUT2D eigenvalue weighted by molar-refractivity contribution is 0.324. The van der Waals surface area contributed by atoms with Gasteiger partial charge >= 0.3 is 0 Å². The largest absolute Gasteiger partial charge is 0.493 e. The SMILES string of the molecule is COc1cc(C2=CNc3ccccc3O2)cc(OC)c1OC. The van der Waals surface area contributed by atoms with E-state index >= 15 is 0 Å². The lowest BCUT2D eigenvalue weighted by atomic mass is 10.1. The summed E-state index contributed by atoms with van der Waals surface area (Å²) in [6, 6.07) is 11.4. The molecule has 1 aliphatic heterocycles. The summed E-state index contributed by atoms with van der Waals surface area (Å²) in [4.78, 5) is 0. The van der Waals surface area contributed by atoms with E-state index in [1.165, 1.54) is 0 Å². The van der Waals surface area contributed by atoms with Crippen LogP contribution in [0.5, 0.6) is 23.0 Å². The molecule has 0 aliphatic carbocycles. The van der Waals surface area contributed by atoms with Gasteiger partial charge in [-0.15, -0.1) is 0 Å². The van der Waals surface area contributed by atoms with Crippen molar-refractivity contribution in [3.8, 4) is 23.0 Å². The number of anilines is 1. The zero-order chi connectivity index (χ0) is 15.5. The van der Waals surface area contributed by atoms with Crippen molar-refractivity contribution >= 4 is 11.4 Å². The molecule has 0 aromatic heterocycles. The fraction of sp³-hybridized carbons (Fsp3) is 0.176. The van der Waals surface area contributed by atoms with Crippen molar-refractivity contribution in [2.45, 2.75) is 0 Å². The molecule has 0 spiro atoms. The molecular weight excluding hydrogens is 282 g/mol. The second-order valence-corrected chi connectivity index (χ2v) is 4.67. The standard InChI is InChI=1S/C17H17NO4/c1-19-14-8-11(9-15(20-2)17(14)21-3)16-10-18-12-6-4-5-7-13(12)22-16/h4-10,18H,1-3H3. The second-order valence-electron chi connectivity index (χ2n) is 4.67. The van der Waals surface area contributed by atoms with Crippen molar-refractivity contribution in [3.05, 3.63) is 48.2 Å². The molecule has 0 atom stereocenters. The summed E-state index contributed by atoms with van der Waals surface area (Å²) < 4.78 is 22.0. The first-order valence-corrected chi connectivity index (χ1v) is 6.80. The highest BCUT2D eigenvalue weighted by Crippen LogP contribution is 2.41. The van der Waals surface area contributed by atoms with Crippen molar-refractivity contribution < 1.29 is 18.9 Å². The van der Waals surface area contributed by atoms with Gasteiger partial charge in [0.05, 0.1) is 27.0 Å². The first kappa shape index (κ1) is 14.1. The monoisotopic (exact) mass is 299 g/mol. The van der Waals surface area contributed by atoms with E-state index in [9.17, 15) is 0 Å². The van der Waals surface area contributed by atoms with E-state index in [4.69, 9.17) is 18.9 Å². The van der Waals surface area contributed by atoms with E-state index < -0.39 is 0 Å². The molecule has 0 radical (unpaired) electrons. The first-order chi connectivity index (χ1) is 10.8. The van der Waals surface area contributed by atoms with Crippen molar-refractivity contribution in [1.29, 1.82) is 0 Å². The molecule has 2 aromatic carbocycles. The lowest BCUT2D eigenvalue weighted by Crippen LogP contribution is -2.07. The van der Waals surface area contributed by atoms with Crippen LogP contribution < -0.4 is 24.3 Å². The second kappa shape index (κ2) is 5.89. The van der Waals surface area contributed by atoms with Crippen molar-refractivity contribution in [3.63, 3.8) is 0 Å². The number of rotatable bonds is 4. The zero-order valence-corrected chi connectivity index (χ0v) is 12.7. The highest BCUT2D eigenvalue weighted by Gasteiger charge is 2.19. The molecule has 1 aliphatic rings. The van der Waals surface area contributed by atoms with E-state index in [-0.39, 0.29) is 0 Å². The molecule has 0 amide bonds. The third-order valence-corrected chi connectivity index (χ3v) is 3.41. The van der Waals surface area contributed by atoms with Crippen LogP contribution in [0, 0.1) is 0 Å². The average Bonchev–Trinajstić information content (AvgIpc) is 2.59. The lowest BCUT2D eigenvalue weighted by Gasteiger charge is -2.20. The Morgan fingerprint density at radius 1 is 0.909 bits per heavy atom. The molecule has 0 saturated heterocycles. The minimum atomic E-state index is 0.554. The zero-order valence-electron chi connectivity index (χ0n) is 12.7. The Morgan fingerprint density at radius 3 is 2.23 bits per heavy atom. The summed E-state index contributed by atoms with van der Waals surface area (Å²) in [7, 11) is 4.75. The summed E-state index contributed by atoms with van der Waals surface area (Å²) >= 11 is 0. The van der Waals surface area contributed by atoms with E-state index in [2.05, 4.69) is 5.32 Å². The number of ether oxygens (including phenoxy) is 4. The Bertz CT molecular complexity index is 699. The normalized spacial score (nSPS) is 12.4. The molecular formula is C17H17NO4. The van der Waals surface area contributed by atoms with Gasteiger partial charge in [-0.05, 0) is 24.3 Å². The Morgan fingerprint density at radius 2 is 1.59 bits per heavy atom. The minimum Gasteiger partial charge on any atom is -0.493 e. The molecule has 0 bridgehead atoms. The molecule has 5 heteroatoms. The van der Waals surface area contributed by atoms with Crippen LogP contribution >= 0.6 is 0 Å². The van der Waals surface area contributed by atoms with Crippen molar-refractivity contribution in [1.82, 2.24) is 0 Å². The Hall–Kier alpha value is -2.82. The van der Waals surface area contributed by atoms with Crippen molar-refractivity contribution in [2.75, 3.05) is 26.6 Å². The number of nitrogens with one attached hydrogen (secondary N) is 1. The molecule has 2 aromatic rings. The number of fused-ring (bicyclic) bond motifs is 1. The van der Waals surface area contributed by atoms with Crippen LogP contribution in [0.25, 0.3) is 5.76 Å². The van der Waals surface area contributed by atoms with Gasteiger partial charge in [-0.2, -0.15) is 0 Å². The Balaban J connectivity index is 2.01. The van der Waals surface area contributed by atoms with Gasteiger partial charge in [-0.3, -0.25) is 0 Å². The van der Waals surface area contributed by atoms with Gasteiger partial charge in [0.2, 0.25) is 5.75 Å². The predicted octanol–water partition coefficient (Wildman–Crippen LogP) is 3.52. The highest BCUT2D eigenvalue weighted by molar-refractivity contribution is 5.75. The summed E-state index contributed by atoms with van der Waals surface area (Å²) in [5, 5.41) is 3.21. The summed E-state index contributed by atoms with van der Waals surface area (Å²) in [5.74, 6) is 3.17. The van der Waals surface area contributed by atoms with Gasteiger partial charge in [-0.25, -0.2) is 0 Å². The minimum absolute atomic E-state index is 0.554. The average molecular weight is 299 g/mol. The molecule has 0 saturated carbocycles. The van der Waals surface area contributed by atoms with Gasteiger partial charge in [0.1, 0.15) is 0 Å². The molecule has 0 fully saturated rings. The smallest absolute Gasteiger partial charge is 0.203 e. The van der Waals surface area contributed by atoms with Gasteiger partial charge in [0.25, 0.3) is 0 Å². The molecule has 5 nitrogen and oxygen atoms in total. The third-order valence-electron chi connectivity index (χ3n) is 3.41. The number of hydrogen-bond donors (Lipinski definition) is 1. The third kappa shape index (κ3) is 2.41. The van der Waals surface area contributed by atoms with Crippen LogP contribution in [0.3, 0.4) is 0 Å². The Labute approximate surface area is 129 Å². The quantitative estimate of drug-likeness (QED) is 0.936. The topological polar surface area (TPSA) is 49.0 Å².